The first-order valence-electron chi connectivity index (χ1n) is 6.18. The number of ketones is 1. The minimum Gasteiger partial charge on any atom is -0.348 e. The van der Waals surface area contributed by atoms with Crippen molar-refractivity contribution in [3.05, 3.63) is 44.3 Å². The lowest BCUT2D eigenvalue weighted by Gasteiger charge is -1.99. The maximum absolute atomic E-state index is 12.0. The number of hydrogen-bond donors (Lipinski definition) is 0. The molecule has 0 radical (unpaired) electrons. The topological polar surface area (TPSA) is 22.0 Å². The number of fused-ring (bicyclic) bond motifs is 1. The second-order valence-corrected chi connectivity index (χ2v) is 7.25. The van der Waals surface area contributed by atoms with E-state index in [1.54, 1.807) is 11.3 Å². The maximum Gasteiger partial charge on any atom is 0.164 e. The molecule has 0 saturated heterocycles. The molecule has 0 saturated carbocycles. The van der Waals surface area contributed by atoms with E-state index in [9.17, 15) is 4.79 Å². The van der Waals surface area contributed by atoms with Gasteiger partial charge in [-0.1, -0.05) is 0 Å². The zero-order valence-corrected chi connectivity index (χ0v) is 12.4. The first kappa shape index (κ1) is 12.2. The molecule has 0 aromatic carbocycles. The molecule has 0 N–H and O–H groups in total. The number of aromatic nitrogens is 1. The van der Waals surface area contributed by atoms with Crippen molar-refractivity contribution in [2.75, 3.05) is 0 Å². The van der Waals surface area contributed by atoms with Crippen molar-refractivity contribution in [2.45, 2.75) is 32.2 Å². The Bertz CT molecular complexity index is 584. The van der Waals surface area contributed by atoms with Gasteiger partial charge in [-0.25, -0.2) is 0 Å². The molecule has 1 aliphatic rings. The summed E-state index contributed by atoms with van der Waals surface area (Å²) in [5, 5.41) is 0. The van der Waals surface area contributed by atoms with Crippen LogP contribution in [0.2, 0.25) is 0 Å². The summed E-state index contributed by atoms with van der Waals surface area (Å²) >= 11 is 5.22. The molecule has 2 nitrogen and oxygen atoms in total. The fourth-order valence-corrected chi connectivity index (χ4v) is 3.94. The predicted octanol–water partition coefficient (Wildman–Crippen LogP) is 4.27. The van der Waals surface area contributed by atoms with Crippen molar-refractivity contribution in [2.24, 2.45) is 0 Å². The normalized spacial score (nSPS) is 15.5. The van der Waals surface area contributed by atoms with Gasteiger partial charge in [-0.2, -0.15) is 0 Å². The van der Waals surface area contributed by atoms with Gasteiger partial charge in [-0.3, -0.25) is 4.79 Å². The fraction of sp³-hybridized carbons (Fsp3) is 0.357. The van der Waals surface area contributed by atoms with E-state index in [4.69, 9.17) is 0 Å². The number of carbonyl (C=O) groups excluding carboxylic acids is 1. The summed E-state index contributed by atoms with van der Waals surface area (Å²) in [4.78, 5) is 13.3. The van der Waals surface area contributed by atoms with Gasteiger partial charge in [-0.05, 0) is 52.9 Å². The molecule has 2 aromatic heterocycles. The van der Waals surface area contributed by atoms with Crippen LogP contribution in [0.15, 0.2) is 28.3 Å². The molecule has 4 heteroatoms. The number of rotatable bonds is 2. The van der Waals surface area contributed by atoms with Gasteiger partial charge in [0.15, 0.2) is 5.78 Å². The highest BCUT2D eigenvalue weighted by atomic mass is 79.9. The summed E-state index contributed by atoms with van der Waals surface area (Å²) in [5.74, 6) is 0.314. The number of thiophene rings is 1. The van der Waals surface area contributed by atoms with E-state index < -0.39 is 0 Å². The summed E-state index contributed by atoms with van der Waals surface area (Å²) in [5.41, 5.74) is 2.18. The Kier molecular flexibility index (Phi) is 3.39. The van der Waals surface area contributed by atoms with Crippen LogP contribution in [0.25, 0.3) is 0 Å². The smallest absolute Gasteiger partial charge is 0.164 e. The van der Waals surface area contributed by atoms with Crippen molar-refractivity contribution in [3.63, 3.8) is 0 Å². The highest BCUT2D eigenvalue weighted by Crippen LogP contribution is 2.25. The third kappa shape index (κ3) is 2.45. The standard InChI is InChI=1S/C14H14BrNOS/c15-14-6-5-11(18-14)8-16-7-10-3-1-2-4-13(17)12(10)9-16/h5-7,9H,1-4,8H2. The van der Waals surface area contributed by atoms with Crippen LogP contribution < -0.4 is 0 Å². The van der Waals surface area contributed by atoms with E-state index in [1.807, 2.05) is 6.20 Å². The number of nitrogens with zero attached hydrogens (tertiary/aromatic N) is 1. The Labute approximate surface area is 119 Å². The second-order valence-electron chi connectivity index (χ2n) is 4.71. The summed E-state index contributed by atoms with van der Waals surface area (Å²) in [7, 11) is 0. The number of Topliss-reactive ketones (excluding diaryl/α,β-unsaturated/α-hetero) is 1. The van der Waals surface area contributed by atoms with Crippen LogP contribution >= 0.6 is 27.3 Å². The molecule has 0 fully saturated rings. The molecule has 2 heterocycles. The Morgan fingerprint density at radius 1 is 1.22 bits per heavy atom. The van der Waals surface area contributed by atoms with Crippen molar-refractivity contribution in [1.29, 1.82) is 0 Å². The quantitative estimate of drug-likeness (QED) is 0.756. The summed E-state index contributed by atoms with van der Waals surface area (Å²) in [6, 6.07) is 4.20. The van der Waals surface area contributed by atoms with Crippen LogP contribution in [0.1, 0.15) is 40.1 Å². The zero-order chi connectivity index (χ0) is 12.5. The average molecular weight is 324 g/mol. The third-order valence-electron chi connectivity index (χ3n) is 3.33. The minimum absolute atomic E-state index is 0.314. The van der Waals surface area contributed by atoms with Gasteiger partial charge in [0.25, 0.3) is 0 Å². The highest BCUT2D eigenvalue weighted by molar-refractivity contribution is 9.11. The lowest BCUT2D eigenvalue weighted by molar-refractivity contribution is 0.0982. The van der Waals surface area contributed by atoms with E-state index >= 15 is 0 Å². The SMILES string of the molecule is O=C1CCCCc2cn(Cc3ccc(Br)s3)cc21. The molecular weight excluding hydrogens is 310 g/mol. The Hall–Kier alpha value is -0.870. The second kappa shape index (κ2) is 5.02. The van der Waals surface area contributed by atoms with E-state index in [0.29, 0.717) is 12.2 Å². The van der Waals surface area contributed by atoms with Crippen molar-refractivity contribution < 1.29 is 4.79 Å². The van der Waals surface area contributed by atoms with E-state index in [0.717, 1.165) is 35.2 Å². The number of aryl methyl sites for hydroxylation is 1. The van der Waals surface area contributed by atoms with Crippen LogP contribution in [0, 0.1) is 0 Å². The fourth-order valence-electron chi connectivity index (χ4n) is 2.45. The Balaban J connectivity index is 1.86. The maximum atomic E-state index is 12.0. The van der Waals surface area contributed by atoms with Gasteiger partial charge in [0.05, 0.1) is 10.3 Å². The van der Waals surface area contributed by atoms with Gasteiger partial charge >= 0.3 is 0 Å². The van der Waals surface area contributed by atoms with Gasteiger partial charge in [0, 0.05) is 29.3 Å². The minimum atomic E-state index is 0.314. The zero-order valence-electron chi connectivity index (χ0n) is 9.99. The molecule has 18 heavy (non-hydrogen) atoms. The van der Waals surface area contributed by atoms with Gasteiger partial charge in [-0.15, -0.1) is 11.3 Å². The third-order valence-corrected chi connectivity index (χ3v) is 4.94. The van der Waals surface area contributed by atoms with E-state index in [2.05, 4.69) is 38.8 Å². The first-order chi connectivity index (χ1) is 8.72. The number of halogens is 1. The summed E-state index contributed by atoms with van der Waals surface area (Å²) in [6.45, 7) is 0.858. The molecule has 0 unspecified atom stereocenters. The molecule has 1 aliphatic carbocycles. The molecule has 0 spiro atoms. The number of hydrogen-bond acceptors (Lipinski definition) is 2. The largest absolute Gasteiger partial charge is 0.348 e. The highest BCUT2D eigenvalue weighted by Gasteiger charge is 2.17. The molecule has 94 valence electrons. The van der Waals surface area contributed by atoms with Crippen LogP contribution in [0.5, 0.6) is 0 Å². The lowest BCUT2D eigenvalue weighted by Crippen LogP contribution is -1.97. The van der Waals surface area contributed by atoms with Crippen LogP contribution in [-0.2, 0) is 13.0 Å². The Morgan fingerprint density at radius 2 is 2.06 bits per heavy atom. The van der Waals surface area contributed by atoms with Crippen molar-refractivity contribution in [3.8, 4) is 0 Å². The van der Waals surface area contributed by atoms with E-state index in [-0.39, 0.29) is 0 Å². The van der Waals surface area contributed by atoms with Crippen molar-refractivity contribution in [1.82, 2.24) is 4.57 Å². The molecule has 0 aliphatic heterocycles. The molecule has 3 rings (SSSR count). The Morgan fingerprint density at radius 3 is 2.83 bits per heavy atom. The molecular formula is C14H14BrNOS. The molecule has 0 bridgehead atoms. The lowest BCUT2D eigenvalue weighted by atomic mass is 10.1. The molecule has 0 atom stereocenters. The van der Waals surface area contributed by atoms with E-state index in [1.165, 1.54) is 10.4 Å². The monoisotopic (exact) mass is 323 g/mol. The van der Waals surface area contributed by atoms with Crippen LogP contribution in [0.3, 0.4) is 0 Å². The molecule has 2 aromatic rings. The van der Waals surface area contributed by atoms with Crippen LogP contribution in [-0.4, -0.2) is 10.4 Å². The summed E-state index contributed by atoms with van der Waals surface area (Å²) in [6.07, 6.45) is 8.09. The summed E-state index contributed by atoms with van der Waals surface area (Å²) < 4.78 is 3.30. The van der Waals surface area contributed by atoms with Gasteiger partial charge in [0.1, 0.15) is 0 Å². The van der Waals surface area contributed by atoms with Crippen molar-refractivity contribution >= 4 is 33.0 Å². The molecule has 0 amide bonds. The predicted molar refractivity (Wildman–Crippen MR) is 77.4 cm³/mol. The average Bonchev–Trinajstić information content (AvgIpc) is 2.88. The first-order valence-corrected chi connectivity index (χ1v) is 7.79. The van der Waals surface area contributed by atoms with Gasteiger partial charge in [0.2, 0.25) is 0 Å². The van der Waals surface area contributed by atoms with Gasteiger partial charge < -0.3 is 4.57 Å². The number of carbonyl (C=O) groups is 1. The van der Waals surface area contributed by atoms with Crippen LogP contribution in [0.4, 0.5) is 0 Å².